The van der Waals surface area contributed by atoms with Gasteiger partial charge >= 0.3 is 0 Å². The van der Waals surface area contributed by atoms with Crippen LogP contribution in [0.3, 0.4) is 0 Å². The van der Waals surface area contributed by atoms with Crippen LogP contribution < -0.4 is 10.5 Å². The number of rotatable bonds is 4. The van der Waals surface area contributed by atoms with Gasteiger partial charge in [-0.15, -0.1) is 0 Å². The van der Waals surface area contributed by atoms with E-state index in [4.69, 9.17) is 20.4 Å². The van der Waals surface area contributed by atoms with Crippen molar-refractivity contribution in [3.8, 4) is 5.75 Å². The summed E-state index contributed by atoms with van der Waals surface area (Å²) < 4.78 is 34.7. The van der Waals surface area contributed by atoms with Gasteiger partial charge in [0.05, 0.1) is 37.8 Å². The van der Waals surface area contributed by atoms with Crippen molar-refractivity contribution < 1.29 is 18.1 Å². The molecule has 0 amide bonds. The van der Waals surface area contributed by atoms with E-state index in [1.807, 2.05) is 48.5 Å². The Labute approximate surface area is 233 Å². The van der Waals surface area contributed by atoms with Gasteiger partial charge in [-0.2, -0.15) is 0 Å². The number of hydrogen-bond acceptors (Lipinski definition) is 8. The van der Waals surface area contributed by atoms with Crippen molar-refractivity contribution in [2.24, 2.45) is 5.73 Å². The third-order valence-electron chi connectivity index (χ3n) is 7.26. The fraction of sp³-hybridized carbons (Fsp3) is 0.0323. The molecule has 0 bridgehead atoms. The molecule has 200 valence electrons. The molecule has 0 saturated carbocycles. The van der Waals surface area contributed by atoms with Crippen LogP contribution in [0.4, 0.5) is 5.69 Å². The molecule has 9 nitrogen and oxygen atoms in total. The summed E-state index contributed by atoms with van der Waals surface area (Å²) >= 11 is 0. The third-order valence-corrected chi connectivity index (χ3v) is 9.17. The van der Waals surface area contributed by atoms with Crippen LogP contribution >= 0.6 is 0 Å². The summed E-state index contributed by atoms with van der Waals surface area (Å²) in [7, 11) is -4.24. The molecule has 6 aromatic rings. The smallest absolute Gasteiger partial charge is 0.269 e. The number of hydrogen-bond donors (Lipinski definition) is 1. The first-order valence-corrected chi connectivity index (χ1v) is 14.2. The Hall–Kier alpha value is -5.35. The molecule has 5 aromatic carbocycles. The van der Waals surface area contributed by atoms with Crippen molar-refractivity contribution >= 4 is 48.4 Å². The van der Waals surface area contributed by atoms with Gasteiger partial charge in [-0.1, -0.05) is 66.7 Å². The van der Waals surface area contributed by atoms with Crippen molar-refractivity contribution in [1.29, 1.82) is 0 Å². The lowest BCUT2D eigenvalue weighted by Crippen LogP contribution is -2.27. The van der Waals surface area contributed by atoms with Gasteiger partial charge in [0.2, 0.25) is 15.7 Å². The number of nitro groups is 1. The Balaban J connectivity index is 1.66. The van der Waals surface area contributed by atoms with E-state index in [0.29, 0.717) is 44.3 Å². The maximum atomic E-state index is 14.2. The Morgan fingerprint density at radius 3 is 2.12 bits per heavy atom. The normalized spacial score (nSPS) is 15.2. The predicted octanol–water partition coefficient (Wildman–Crippen LogP) is 5.97. The number of nitrogens with zero attached hydrogens (tertiary/aromatic N) is 3. The average molecular weight is 561 g/mol. The fourth-order valence-corrected chi connectivity index (χ4v) is 7.12. The first kappa shape index (κ1) is 24.7. The predicted molar refractivity (Wildman–Crippen MR) is 155 cm³/mol. The molecule has 1 atom stereocenters. The number of nitro benzene ring substituents is 1. The van der Waals surface area contributed by atoms with E-state index < -0.39 is 20.7 Å². The standard InChI is InChI=1S/C31H20N4O5S/c32-31-30(41(38,39)20-11-2-1-3-12-20)25(18-9-8-10-19(17-18)35(36)37)26-28-27(33-23-15-6-7-16-24(23)34-28)21-13-4-5-14-22(21)29(26)40-31/h1-17,25H,32H2. The minimum atomic E-state index is -4.24. The second-order valence-electron chi connectivity index (χ2n) is 9.63. The van der Waals surface area contributed by atoms with E-state index in [9.17, 15) is 18.5 Å². The molecule has 0 aliphatic carbocycles. The lowest BCUT2D eigenvalue weighted by atomic mass is 9.85. The van der Waals surface area contributed by atoms with Gasteiger partial charge in [-0.3, -0.25) is 10.1 Å². The van der Waals surface area contributed by atoms with E-state index in [-0.39, 0.29) is 21.4 Å². The lowest BCUT2D eigenvalue weighted by Gasteiger charge is -2.31. The maximum absolute atomic E-state index is 14.2. The van der Waals surface area contributed by atoms with Crippen LogP contribution in [0.5, 0.6) is 5.75 Å². The number of ether oxygens (including phenoxy) is 1. The van der Waals surface area contributed by atoms with Crippen molar-refractivity contribution in [2.75, 3.05) is 0 Å². The average Bonchev–Trinajstić information content (AvgIpc) is 3.00. The van der Waals surface area contributed by atoms with Gasteiger partial charge in [-0.05, 0) is 29.8 Å². The van der Waals surface area contributed by atoms with Gasteiger partial charge in [0, 0.05) is 28.5 Å². The summed E-state index contributed by atoms with van der Waals surface area (Å²) in [5.74, 6) is -1.05. The van der Waals surface area contributed by atoms with Crippen molar-refractivity contribution in [3.05, 3.63) is 135 Å². The molecule has 1 aromatic heterocycles. The number of nitrogens with two attached hydrogens (primary N) is 1. The number of benzene rings is 5. The minimum absolute atomic E-state index is 0.0158. The summed E-state index contributed by atoms with van der Waals surface area (Å²) in [5.41, 5.74) is 9.30. The van der Waals surface area contributed by atoms with Crippen LogP contribution in [0.1, 0.15) is 17.0 Å². The van der Waals surface area contributed by atoms with Gasteiger partial charge in [-0.25, -0.2) is 18.4 Å². The molecule has 0 spiro atoms. The molecule has 0 fully saturated rings. The Morgan fingerprint density at radius 1 is 0.780 bits per heavy atom. The van der Waals surface area contributed by atoms with E-state index in [2.05, 4.69) is 0 Å². The third kappa shape index (κ3) is 3.80. The topological polar surface area (TPSA) is 138 Å². The molecule has 2 N–H and O–H groups in total. The summed E-state index contributed by atoms with van der Waals surface area (Å²) in [4.78, 5) is 20.9. The molecule has 2 heterocycles. The zero-order valence-corrected chi connectivity index (χ0v) is 22.1. The van der Waals surface area contributed by atoms with Crippen LogP contribution in [0.15, 0.2) is 119 Å². The Morgan fingerprint density at radius 2 is 1.41 bits per heavy atom. The number of aromatic nitrogens is 2. The van der Waals surface area contributed by atoms with Crippen LogP contribution in [-0.4, -0.2) is 23.3 Å². The van der Waals surface area contributed by atoms with E-state index in [1.54, 1.807) is 24.3 Å². The van der Waals surface area contributed by atoms with E-state index in [0.717, 1.165) is 5.39 Å². The zero-order valence-electron chi connectivity index (χ0n) is 21.3. The molecule has 41 heavy (non-hydrogen) atoms. The van der Waals surface area contributed by atoms with Crippen LogP contribution in [0, 0.1) is 10.1 Å². The largest absolute Gasteiger partial charge is 0.439 e. The molecule has 0 radical (unpaired) electrons. The summed E-state index contributed by atoms with van der Waals surface area (Å²) in [6.45, 7) is 0. The minimum Gasteiger partial charge on any atom is -0.439 e. The molecule has 10 heteroatoms. The number of fused-ring (bicyclic) bond motifs is 7. The molecule has 1 unspecified atom stereocenters. The SMILES string of the molecule is NC1=C(S(=O)(=O)c2ccccc2)C(c2cccc([N+](=O)[O-])c2)c2c(c3ccccc3c3nc4ccccc4nc23)O1. The summed E-state index contributed by atoms with van der Waals surface area (Å²) in [5, 5.41) is 13.2. The first-order valence-electron chi connectivity index (χ1n) is 12.7. The van der Waals surface area contributed by atoms with Crippen molar-refractivity contribution in [3.63, 3.8) is 0 Å². The van der Waals surface area contributed by atoms with Gasteiger partial charge in [0.25, 0.3) is 5.69 Å². The van der Waals surface area contributed by atoms with Crippen LogP contribution in [0.2, 0.25) is 0 Å². The van der Waals surface area contributed by atoms with Gasteiger partial charge < -0.3 is 10.5 Å². The molecule has 1 aliphatic heterocycles. The zero-order chi connectivity index (χ0) is 28.3. The van der Waals surface area contributed by atoms with Gasteiger partial charge in [0.15, 0.2) is 0 Å². The van der Waals surface area contributed by atoms with Crippen molar-refractivity contribution in [1.82, 2.24) is 9.97 Å². The second kappa shape index (κ2) is 9.10. The quantitative estimate of drug-likeness (QED) is 0.120. The summed E-state index contributed by atoms with van der Waals surface area (Å²) in [6.07, 6.45) is 0. The maximum Gasteiger partial charge on any atom is 0.269 e. The molecular formula is C31H20N4O5S. The Kier molecular flexibility index (Phi) is 5.48. The molecular weight excluding hydrogens is 540 g/mol. The molecule has 0 saturated heterocycles. The van der Waals surface area contributed by atoms with Crippen molar-refractivity contribution in [2.45, 2.75) is 10.8 Å². The second-order valence-corrected chi connectivity index (χ2v) is 11.5. The number of para-hydroxylation sites is 2. The van der Waals surface area contributed by atoms with E-state index >= 15 is 0 Å². The fourth-order valence-electron chi connectivity index (χ4n) is 5.48. The summed E-state index contributed by atoms with van der Waals surface area (Å²) in [6, 6.07) is 28.6. The van der Waals surface area contributed by atoms with Gasteiger partial charge in [0.1, 0.15) is 10.7 Å². The highest BCUT2D eigenvalue weighted by Gasteiger charge is 2.42. The lowest BCUT2D eigenvalue weighted by molar-refractivity contribution is -0.384. The molecule has 7 rings (SSSR count). The highest BCUT2D eigenvalue weighted by Crippen LogP contribution is 2.51. The monoisotopic (exact) mass is 560 g/mol. The molecule has 1 aliphatic rings. The highest BCUT2D eigenvalue weighted by molar-refractivity contribution is 7.95. The Bertz CT molecular complexity index is 2200. The van der Waals surface area contributed by atoms with Crippen LogP contribution in [-0.2, 0) is 9.84 Å². The number of sulfone groups is 1. The van der Waals surface area contributed by atoms with Crippen LogP contribution in [0.25, 0.3) is 32.8 Å². The van der Waals surface area contributed by atoms with E-state index in [1.165, 1.54) is 30.3 Å². The highest BCUT2D eigenvalue weighted by atomic mass is 32.2. The number of non-ortho nitro benzene ring substituents is 1. The first-order chi connectivity index (χ1) is 19.8. The number of allylic oxidation sites excluding steroid dienone is 1.